The maximum absolute atomic E-state index is 7.09. The molecule has 0 aliphatic heterocycles. The normalized spacial score (nSPS) is 52.8. The van der Waals surface area contributed by atoms with Crippen LogP contribution in [0.15, 0.2) is 24.2 Å². The summed E-state index contributed by atoms with van der Waals surface area (Å²) in [7, 11) is 0. The molecule has 5 heavy (non-hydrogen) atoms. The highest BCUT2D eigenvalue weighted by molar-refractivity contribution is 5.11. The molecule has 0 bridgehead atoms. The van der Waals surface area contributed by atoms with Crippen LogP contribution < -0.4 is 0 Å². The lowest BCUT2D eigenvalue weighted by Crippen LogP contribution is -1.37. The molecule has 0 N–H and O–H groups in total. The zero-order chi connectivity index (χ0) is 8.81. The van der Waals surface area contributed by atoms with Crippen molar-refractivity contribution in [3.8, 4) is 0 Å². The smallest absolute Gasteiger partial charge is 0.0619 e. The molecule has 0 spiro atoms. The Kier molecular flexibility index (Phi) is 0.105. The van der Waals surface area contributed by atoms with Gasteiger partial charge < -0.3 is 0 Å². The summed E-state index contributed by atoms with van der Waals surface area (Å²) >= 11 is 0. The van der Waals surface area contributed by atoms with Crippen LogP contribution >= 0.6 is 0 Å². The molecule has 0 aromatic rings. The van der Waals surface area contributed by atoms with Gasteiger partial charge in [-0.15, -0.1) is 0 Å². The van der Waals surface area contributed by atoms with Crippen LogP contribution in [-0.4, -0.2) is 0 Å². The van der Waals surface area contributed by atoms with E-state index >= 15 is 0 Å². The van der Waals surface area contributed by atoms with E-state index in [1.54, 1.807) is 0 Å². The van der Waals surface area contributed by atoms with Gasteiger partial charge in [-0.3, -0.25) is 0 Å². The van der Waals surface area contributed by atoms with E-state index in [2.05, 4.69) is 0 Å². The number of allylic oxidation sites excluding steroid dienone is 4. The number of hydrogen-bond acceptors (Lipinski definition) is 0. The zero-order valence-electron chi connectivity index (χ0n) is 8.50. The van der Waals surface area contributed by atoms with Crippen LogP contribution in [0.25, 0.3) is 0 Å². The maximum atomic E-state index is 7.09. The third kappa shape index (κ3) is 0.380. The average molecular weight is 72.1 g/mol. The minimum Gasteiger partial charge on any atom is -0.0808 e. The van der Waals surface area contributed by atoms with Crippen molar-refractivity contribution in [2.75, 3.05) is 0 Å². The van der Waals surface area contributed by atoms with Crippen molar-refractivity contribution in [1.29, 1.82) is 0 Å². The van der Waals surface area contributed by atoms with Crippen LogP contribution in [0, 0.1) is 0 Å². The Balaban J connectivity index is 3.27. The standard InChI is InChI=1S/C5H6/c1-2-4-5-3-1/h1-4H,5H2/i1D,2D,3D,4D,5D2. The zero-order valence-corrected chi connectivity index (χ0v) is 2.50. The maximum Gasteiger partial charge on any atom is 0.0619 e. The van der Waals surface area contributed by atoms with Gasteiger partial charge in [-0.1, -0.05) is 24.2 Å². The summed E-state index contributed by atoms with van der Waals surface area (Å²) in [6.45, 7) is 0. The first-order valence-electron chi connectivity index (χ1n) is 4.25. The van der Waals surface area contributed by atoms with Gasteiger partial charge in [0.15, 0.2) is 0 Å². The van der Waals surface area contributed by atoms with E-state index in [4.69, 9.17) is 8.22 Å². The molecule has 0 atom stereocenters. The molecule has 1 aliphatic rings. The second kappa shape index (κ2) is 1.07. The van der Waals surface area contributed by atoms with Gasteiger partial charge in [0.1, 0.15) is 0 Å². The Hall–Kier alpha value is -0.520. The van der Waals surface area contributed by atoms with E-state index in [0.29, 0.717) is 0 Å². The molecule has 1 aliphatic carbocycles. The molecule has 0 radical (unpaired) electrons. The molecule has 0 aromatic carbocycles. The molecular formula is C5H6. The quantitative estimate of drug-likeness (QED) is 0.407. The molecule has 0 saturated heterocycles. The highest BCUT2D eigenvalue weighted by atomic mass is 13.8. The van der Waals surface area contributed by atoms with E-state index in [9.17, 15) is 0 Å². The molecule has 0 saturated carbocycles. The first kappa shape index (κ1) is 0.494. The van der Waals surface area contributed by atoms with Crippen LogP contribution in [0.1, 0.15) is 14.6 Å². The van der Waals surface area contributed by atoms with Gasteiger partial charge in [-0.05, 0) is 6.37 Å². The molecular weight excluding hydrogens is 60.1 g/mol. The number of hydrogen-bond donors (Lipinski definition) is 0. The average Bonchev–Trinajstić information content (AvgIpc) is 2.06. The van der Waals surface area contributed by atoms with Gasteiger partial charge in [0, 0.05) is 2.74 Å². The Morgan fingerprint density at radius 3 is 2.40 bits per heavy atom. The van der Waals surface area contributed by atoms with Crippen molar-refractivity contribution in [3.05, 3.63) is 24.2 Å². The fourth-order valence-electron chi connectivity index (χ4n) is 0.156. The molecule has 0 aromatic heterocycles. The lowest BCUT2D eigenvalue weighted by molar-refractivity contribution is 1.45. The molecule has 0 unspecified atom stereocenters. The van der Waals surface area contributed by atoms with Gasteiger partial charge in [-0.2, -0.15) is 0 Å². The predicted octanol–water partition coefficient (Wildman–Crippen LogP) is 1.50. The molecule has 0 fully saturated rings. The van der Waals surface area contributed by atoms with Crippen molar-refractivity contribution >= 4 is 0 Å². The lowest BCUT2D eigenvalue weighted by Gasteiger charge is -1.57. The Morgan fingerprint density at radius 1 is 1.60 bits per heavy atom. The topological polar surface area (TPSA) is 0 Å². The summed E-state index contributed by atoms with van der Waals surface area (Å²) in [5.41, 5.74) is 0. The summed E-state index contributed by atoms with van der Waals surface area (Å²) < 4.78 is 42.3. The Bertz CT molecular complexity index is 234. The third-order valence-electron chi connectivity index (χ3n) is 0.312. The minimum absolute atomic E-state index is 0.486. The largest absolute Gasteiger partial charge is 0.0808 e. The fraction of sp³-hybridized carbons (Fsp3) is 0.200. The fourth-order valence-corrected chi connectivity index (χ4v) is 0.156. The van der Waals surface area contributed by atoms with Crippen molar-refractivity contribution in [2.24, 2.45) is 0 Å². The summed E-state index contributed by atoms with van der Waals surface area (Å²) in [6.07, 6.45) is -2.23. The number of rotatable bonds is 0. The molecule has 26 valence electrons. The van der Waals surface area contributed by atoms with Gasteiger partial charge in [0.25, 0.3) is 0 Å². The molecule has 1 rings (SSSR count). The SMILES string of the molecule is [2H]C1=C([2H])C([2H])([2H])C([2H])=C1[2H]. The summed E-state index contributed by atoms with van der Waals surface area (Å²) in [6, 6.07) is -2.15. The minimum atomic E-state index is -2.23. The monoisotopic (exact) mass is 72.1 g/mol. The molecule has 0 nitrogen and oxygen atoms in total. The van der Waals surface area contributed by atoms with Gasteiger partial charge >= 0.3 is 0 Å². The second-order valence-corrected chi connectivity index (χ2v) is 0.625. The first-order chi connectivity index (χ1) is 4.89. The second-order valence-electron chi connectivity index (χ2n) is 0.625. The predicted molar refractivity (Wildman–Crippen MR) is 22.9 cm³/mol. The van der Waals surface area contributed by atoms with Gasteiger partial charge in [0.05, 0.1) is 5.48 Å². The van der Waals surface area contributed by atoms with Crippen molar-refractivity contribution < 1.29 is 8.22 Å². The Labute approximate surface area is 40.2 Å². The van der Waals surface area contributed by atoms with Crippen LogP contribution in [-0.2, 0) is 0 Å². The molecule has 0 heterocycles. The van der Waals surface area contributed by atoms with Crippen molar-refractivity contribution in [2.45, 2.75) is 6.37 Å². The van der Waals surface area contributed by atoms with E-state index in [-0.39, 0.29) is 0 Å². The summed E-state index contributed by atoms with van der Waals surface area (Å²) in [5, 5.41) is 0. The highest BCUT2D eigenvalue weighted by Gasteiger charge is 1.72. The van der Waals surface area contributed by atoms with Crippen LogP contribution in [0.4, 0.5) is 0 Å². The van der Waals surface area contributed by atoms with Crippen molar-refractivity contribution in [3.63, 3.8) is 0 Å². The van der Waals surface area contributed by atoms with Gasteiger partial charge in [0.2, 0.25) is 0 Å². The summed E-state index contributed by atoms with van der Waals surface area (Å²) in [5.74, 6) is 0. The van der Waals surface area contributed by atoms with E-state index in [1.807, 2.05) is 0 Å². The van der Waals surface area contributed by atoms with Crippen molar-refractivity contribution in [1.82, 2.24) is 0 Å². The van der Waals surface area contributed by atoms with E-state index in [1.165, 1.54) is 0 Å². The lowest BCUT2D eigenvalue weighted by atomic mass is 10.5. The van der Waals surface area contributed by atoms with E-state index < -0.39 is 30.6 Å². The van der Waals surface area contributed by atoms with E-state index in [0.717, 1.165) is 0 Å². The van der Waals surface area contributed by atoms with Crippen LogP contribution in [0.3, 0.4) is 0 Å². The molecule has 0 heteroatoms. The van der Waals surface area contributed by atoms with Crippen LogP contribution in [0.2, 0.25) is 0 Å². The third-order valence-corrected chi connectivity index (χ3v) is 0.312. The summed E-state index contributed by atoms with van der Waals surface area (Å²) in [4.78, 5) is 0. The Morgan fingerprint density at radius 2 is 2.20 bits per heavy atom. The molecule has 0 amide bonds. The highest BCUT2D eigenvalue weighted by Crippen LogP contribution is 1.93. The first-order valence-corrected chi connectivity index (χ1v) is 1.25. The van der Waals surface area contributed by atoms with Crippen LogP contribution in [0.5, 0.6) is 0 Å². The van der Waals surface area contributed by atoms with Gasteiger partial charge in [-0.25, -0.2) is 0 Å².